The average Bonchev–Trinajstić information content (AvgIpc) is 2.30. The first-order valence-corrected chi connectivity index (χ1v) is 6.46. The van der Waals surface area contributed by atoms with Crippen LogP contribution in [0.15, 0.2) is 28.7 Å². The van der Waals surface area contributed by atoms with Gasteiger partial charge in [0.1, 0.15) is 23.2 Å². The van der Waals surface area contributed by atoms with Crippen LogP contribution in [-0.2, 0) is 0 Å². The third-order valence-corrected chi connectivity index (χ3v) is 2.91. The molecule has 3 N–H and O–H groups in total. The number of nitrogen functional groups attached to an aromatic ring is 1. The van der Waals surface area contributed by atoms with E-state index in [1.165, 1.54) is 24.3 Å². The number of nitrogens with zero attached hydrogens (tertiary/aromatic N) is 2. The third kappa shape index (κ3) is 4.48. The summed E-state index contributed by atoms with van der Waals surface area (Å²) < 4.78 is 40.5. The van der Waals surface area contributed by atoms with Gasteiger partial charge in [0.2, 0.25) is 0 Å². The predicted molar refractivity (Wildman–Crippen MR) is 75.3 cm³/mol. The fourth-order valence-corrected chi connectivity index (χ4v) is 2.05. The van der Waals surface area contributed by atoms with Crippen molar-refractivity contribution in [1.29, 1.82) is 0 Å². The summed E-state index contributed by atoms with van der Waals surface area (Å²) >= 11 is 3.02. The van der Waals surface area contributed by atoms with Crippen molar-refractivity contribution in [1.82, 2.24) is 9.97 Å². The maximum Gasteiger partial charge on any atom is 0.573 e. The summed E-state index contributed by atoms with van der Waals surface area (Å²) in [5.74, 6) is 0.887. The number of alkyl halides is 3. The molecule has 0 radical (unpaired) electrons. The molecule has 0 aliphatic carbocycles. The highest BCUT2D eigenvalue weighted by atomic mass is 79.9. The number of hydrogen-bond donors (Lipinski definition) is 2. The summed E-state index contributed by atoms with van der Waals surface area (Å²) in [4.78, 5) is 8.03. The molecule has 0 bridgehead atoms. The van der Waals surface area contributed by atoms with Crippen LogP contribution in [0.3, 0.4) is 0 Å². The smallest absolute Gasteiger partial charge is 0.405 e. The molecule has 0 atom stereocenters. The summed E-state index contributed by atoms with van der Waals surface area (Å²) in [6.07, 6.45) is -4.74. The highest BCUT2D eigenvalue weighted by Crippen LogP contribution is 2.33. The molecule has 0 aliphatic heterocycles. The largest absolute Gasteiger partial charge is 0.573 e. The van der Waals surface area contributed by atoms with Gasteiger partial charge in [-0.2, -0.15) is 0 Å². The third-order valence-electron chi connectivity index (χ3n) is 2.29. The summed E-state index contributed by atoms with van der Waals surface area (Å²) in [6, 6.07) is 5.58. The van der Waals surface area contributed by atoms with Crippen molar-refractivity contribution in [2.45, 2.75) is 13.3 Å². The molecule has 5 nitrogen and oxygen atoms in total. The van der Waals surface area contributed by atoms with E-state index in [0.29, 0.717) is 23.1 Å². The molecule has 1 aromatic heterocycles. The molecule has 1 heterocycles. The second kappa shape index (κ2) is 5.76. The maximum atomic E-state index is 12.2. The molecule has 1 aromatic carbocycles. The van der Waals surface area contributed by atoms with E-state index >= 15 is 0 Å². The number of nitrogens with two attached hydrogens (primary N) is 1. The molecule has 112 valence electrons. The van der Waals surface area contributed by atoms with Crippen LogP contribution < -0.4 is 15.8 Å². The van der Waals surface area contributed by atoms with E-state index in [0.717, 1.165) is 0 Å². The standard InChI is InChI=1S/C12H10BrF3N4O/c1-6-18-10(17)5-11(19-6)20-7-2-3-9(8(13)4-7)21-12(14,15)16/h2-5H,1H3,(H3,17,18,19,20). The van der Waals surface area contributed by atoms with Gasteiger partial charge >= 0.3 is 6.36 Å². The Bertz CT molecular complexity index is 643. The van der Waals surface area contributed by atoms with E-state index in [1.54, 1.807) is 6.92 Å². The van der Waals surface area contributed by atoms with Crippen molar-refractivity contribution >= 4 is 33.3 Å². The van der Waals surface area contributed by atoms with Crippen LogP contribution in [0.25, 0.3) is 0 Å². The fourth-order valence-electron chi connectivity index (χ4n) is 1.59. The van der Waals surface area contributed by atoms with Gasteiger partial charge in [0.15, 0.2) is 0 Å². The minimum absolute atomic E-state index is 0.156. The van der Waals surface area contributed by atoms with Gasteiger partial charge in [0.05, 0.1) is 4.47 Å². The van der Waals surface area contributed by atoms with Gasteiger partial charge in [-0.25, -0.2) is 9.97 Å². The van der Waals surface area contributed by atoms with Gasteiger partial charge in [-0.15, -0.1) is 13.2 Å². The van der Waals surface area contributed by atoms with E-state index in [-0.39, 0.29) is 10.2 Å². The Morgan fingerprint density at radius 3 is 2.52 bits per heavy atom. The zero-order valence-electron chi connectivity index (χ0n) is 10.7. The second-order valence-corrected chi connectivity index (χ2v) is 4.90. The zero-order valence-corrected chi connectivity index (χ0v) is 12.3. The number of anilines is 3. The second-order valence-electron chi connectivity index (χ2n) is 4.04. The van der Waals surface area contributed by atoms with Crippen molar-refractivity contribution < 1.29 is 17.9 Å². The van der Waals surface area contributed by atoms with Gasteiger partial charge in [-0.05, 0) is 41.1 Å². The minimum Gasteiger partial charge on any atom is -0.405 e. The maximum absolute atomic E-state index is 12.2. The van der Waals surface area contributed by atoms with Crippen molar-refractivity contribution in [2.24, 2.45) is 0 Å². The molecule has 0 aliphatic rings. The summed E-state index contributed by atoms with van der Waals surface area (Å²) in [5.41, 5.74) is 6.11. The van der Waals surface area contributed by atoms with Gasteiger partial charge in [-0.1, -0.05) is 0 Å². The number of halogens is 4. The number of rotatable bonds is 3. The summed E-state index contributed by atoms with van der Waals surface area (Å²) in [7, 11) is 0. The van der Waals surface area contributed by atoms with Crippen molar-refractivity contribution in [3.05, 3.63) is 34.6 Å². The fraction of sp³-hybridized carbons (Fsp3) is 0.167. The molecule has 2 rings (SSSR count). The van der Waals surface area contributed by atoms with Gasteiger partial charge in [0.25, 0.3) is 0 Å². The predicted octanol–water partition coefficient (Wildman–Crippen LogP) is 3.77. The lowest BCUT2D eigenvalue weighted by Gasteiger charge is -2.12. The van der Waals surface area contributed by atoms with E-state index in [2.05, 4.69) is 36.0 Å². The zero-order chi connectivity index (χ0) is 15.6. The number of benzene rings is 1. The van der Waals surface area contributed by atoms with Crippen LogP contribution in [0.4, 0.5) is 30.5 Å². The van der Waals surface area contributed by atoms with Crippen LogP contribution in [0.5, 0.6) is 5.75 Å². The van der Waals surface area contributed by atoms with Crippen LogP contribution >= 0.6 is 15.9 Å². The summed E-state index contributed by atoms with van der Waals surface area (Å²) in [5, 5.41) is 2.92. The first-order valence-electron chi connectivity index (χ1n) is 5.66. The highest BCUT2D eigenvalue weighted by Gasteiger charge is 2.31. The van der Waals surface area contributed by atoms with Crippen molar-refractivity contribution in [3.8, 4) is 5.75 Å². The Morgan fingerprint density at radius 2 is 1.95 bits per heavy atom. The molecule has 0 saturated heterocycles. The molecule has 21 heavy (non-hydrogen) atoms. The van der Waals surface area contributed by atoms with Crippen LogP contribution in [0.2, 0.25) is 0 Å². The quantitative estimate of drug-likeness (QED) is 0.869. The van der Waals surface area contributed by atoms with E-state index in [4.69, 9.17) is 5.73 Å². The van der Waals surface area contributed by atoms with Crippen LogP contribution in [-0.4, -0.2) is 16.3 Å². The monoisotopic (exact) mass is 362 g/mol. The van der Waals surface area contributed by atoms with Crippen LogP contribution in [0, 0.1) is 6.92 Å². The van der Waals surface area contributed by atoms with Gasteiger partial charge < -0.3 is 15.8 Å². The van der Waals surface area contributed by atoms with Gasteiger partial charge in [0, 0.05) is 11.8 Å². The normalized spacial score (nSPS) is 11.3. The molecule has 0 spiro atoms. The van der Waals surface area contributed by atoms with Crippen molar-refractivity contribution in [3.63, 3.8) is 0 Å². The number of aromatic nitrogens is 2. The Morgan fingerprint density at radius 1 is 1.24 bits per heavy atom. The molecule has 0 amide bonds. The molecular formula is C12H10BrF3N4O. The Labute approximate surface area is 126 Å². The first kappa shape index (κ1) is 15.4. The SMILES string of the molecule is Cc1nc(N)cc(Nc2ccc(OC(F)(F)F)c(Br)c2)n1. The van der Waals surface area contributed by atoms with E-state index in [9.17, 15) is 13.2 Å². The molecule has 0 unspecified atom stereocenters. The Balaban J connectivity index is 2.20. The van der Waals surface area contributed by atoms with Gasteiger partial charge in [-0.3, -0.25) is 0 Å². The molecule has 9 heteroatoms. The lowest BCUT2D eigenvalue weighted by Crippen LogP contribution is -2.17. The van der Waals surface area contributed by atoms with E-state index < -0.39 is 6.36 Å². The molecule has 2 aromatic rings. The Hall–Kier alpha value is -2.03. The topological polar surface area (TPSA) is 73.1 Å². The number of aryl methyl sites for hydroxylation is 1. The lowest BCUT2D eigenvalue weighted by atomic mass is 10.3. The number of ether oxygens (including phenoxy) is 1. The first-order chi connectivity index (χ1) is 9.73. The molecular weight excluding hydrogens is 353 g/mol. The van der Waals surface area contributed by atoms with E-state index in [1.807, 2.05) is 0 Å². The Kier molecular flexibility index (Phi) is 4.21. The summed E-state index contributed by atoms with van der Waals surface area (Å²) in [6.45, 7) is 1.68. The lowest BCUT2D eigenvalue weighted by molar-refractivity contribution is -0.274. The van der Waals surface area contributed by atoms with Crippen LogP contribution in [0.1, 0.15) is 5.82 Å². The number of hydrogen-bond acceptors (Lipinski definition) is 5. The number of nitrogens with one attached hydrogen (secondary N) is 1. The van der Waals surface area contributed by atoms with Crippen molar-refractivity contribution in [2.75, 3.05) is 11.1 Å². The molecule has 0 saturated carbocycles. The average molecular weight is 363 g/mol. The highest BCUT2D eigenvalue weighted by molar-refractivity contribution is 9.10. The minimum atomic E-state index is -4.74. The molecule has 0 fully saturated rings.